The summed E-state index contributed by atoms with van der Waals surface area (Å²) in [6.45, 7) is 3.11. The second-order valence-corrected chi connectivity index (χ2v) is 5.96. The number of nitrogens with one attached hydrogen (secondary N) is 2. The molecule has 0 aliphatic heterocycles. The van der Waals surface area contributed by atoms with Crippen LogP contribution >= 0.6 is 11.3 Å². The van der Waals surface area contributed by atoms with Gasteiger partial charge in [0.2, 0.25) is 5.88 Å². The molecule has 2 rings (SSSR count). The van der Waals surface area contributed by atoms with Gasteiger partial charge in [-0.15, -0.1) is 11.3 Å². The summed E-state index contributed by atoms with van der Waals surface area (Å²) in [5, 5.41) is 7.95. The number of aromatic nitrogens is 1. The number of halogens is 1. The topological polar surface area (TPSA) is 63.2 Å². The second kappa shape index (κ2) is 8.59. The van der Waals surface area contributed by atoms with E-state index in [1.165, 1.54) is 18.4 Å². The summed E-state index contributed by atoms with van der Waals surface area (Å²) in [6, 6.07) is 5.06. The smallest absolute Gasteiger partial charge is 0.261 e. The van der Waals surface area contributed by atoms with E-state index in [1.807, 2.05) is 18.4 Å². The van der Waals surface area contributed by atoms with Crippen molar-refractivity contribution in [3.8, 4) is 5.88 Å². The zero-order valence-electron chi connectivity index (χ0n) is 13.1. The van der Waals surface area contributed by atoms with Gasteiger partial charge in [-0.25, -0.2) is 9.37 Å². The highest BCUT2D eigenvalue weighted by Crippen LogP contribution is 2.20. The number of hydrogen-bond acceptors (Lipinski definition) is 5. The van der Waals surface area contributed by atoms with Crippen molar-refractivity contribution in [1.82, 2.24) is 15.6 Å². The van der Waals surface area contributed by atoms with E-state index in [1.54, 1.807) is 12.1 Å². The van der Waals surface area contributed by atoms with Crippen molar-refractivity contribution < 1.29 is 13.9 Å². The van der Waals surface area contributed by atoms with Gasteiger partial charge in [-0.1, -0.05) is 6.07 Å². The first-order valence-electron chi connectivity index (χ1n) is 7.36. The van der Waals surface area contributed by atoms with E-state index >= 15 is 0 Å². The lowest BCUT2D eigenvalue weighted by Gasteiger charge is -2.15. The first kappa shape index (κ1) is 17.4. The molecule has 1 unspecified atom stereocenters. The van der Waals surface area contributed by atoms with Crippen molar-refractivity contribution in [3.63, 3.8) is 0 Å². The molecule has 0 saturated heterocycles. The summed E-state index contributed by atoms with van der Waals surface area (Å²) < 4.78 is 18.8. The van der Waals surface area contributed by atoms with Crippen LogP contribution < -0.4 is 15.4 Å². The molecular formula is C16H20FN3O2S. The highest BCUT2D eigenvalue weighted by atomic mass is 32.1. The van der Waals surface area contributed by atoms with Gasteiger partial charge in [-0.05, 0) is 31.3 Å². The Balaban J connectivity index is 1.72. The molecule has 0 saturated carbocycles. The second-order valence-electron chi connectivity index (χ2n) is 5.01. The molecule has 0 aliphatic rings. The lowest BCUT2D eigenvalue weighted by atomic mass is 10.1. The van der Waals surface area contributed by atoms with Crippen LogP contribution in [-0.2, 0) is 0 Å². The summed E-state index contributed by atoms with van der Waals surface area (Å²) in [4.78, 5) is 16.3. The molecule has 2 aromatic rings. The van der Waals surface area contributed by atoms with E-state index in [0.717, 1.165) is 12.6 Å². The Hall–Kier alpha value is -1.99. The number of thiophene rings is 1. The lowest BCUT2D eigenvalue weighted by Crippen LogP contribution is -2.28. The fourth-order valence-corrected chi connectivity index (χ4v) is 2.73. The van der Waals surface area contributed by atoms with Gasteiger partial charge in [0.05, 0.1) is 18.2 Å². The van der Waals surface area contributed by atoms with E-state index in [-0.39, 0.29) is 17.8 Å². The zero-order valence-corrected chi connectivity index (χ0v) is 14.0. The molecule has 0 radical (unpaired) electrons. The van der Waals surface area contributed by atoms with Crippen LogP contribution in [0.4, 0.5) is 4.39 Å². The monoisotopic (exact) mass is 337 g/mol. The largest absolute Gasteiger partial charge is 0.481 e. The fraction of sp³-hybridized carbons (Fsp3) is 0.375. The third kappa shape index (κ3) is 5.01. The van der Waals surface area contributed by atoms with Crippen molar-refractivity contribution in [2.45, 2.75) is 19.4 Å². The van der Waals surface area contributed by atoms with E-state index < -0.39 is 0 Å². The molecule has 2 heterocycles. The molecule has 0 spiro atoms. The maximum atomic E-state index is 13.8. The molecule has 2 aromatic heterocycles. The standard InChI is InChI=1S/C16H20FN3O2S/c1-11(12-9-15(22-2)20-10-13(12)17)18-6-4-7-19-16(21)14-5-3-8-23-14/h3,5,8-11,18H,4,6-7H2,1-2H3,(H,19,21). The molecule has 7 heteroatoms. The van der Waals surface area contributed by atoms with Gasteiger partial charge < -0.3 is 15.4 Å². The summed E-state index contributed by atoms with van der Waals surface area (Å²) in [7, 11) is 1.50. The van der Waals surface area contributed by atoms with E-state index in [4.69, 9.17) is 4.74 Å². The maximum Gasteiger partial charge on any atom is 0.261 e. The Morgan fingerprint density at radius 2 is 2.30 bits per heavy atom. The summed E-state index contributed by atoms with van der Waals surface area (Å²) >= 11 is 1.41. The molecule has 5 nitrogen and oxygen atoms in total. The van der Waals surface area contributed by atoms with Gasteiger partial charge in [0.1, 0.15) is 5.82 Å². The molecule has 1 amide bonds. The van der Waals surface area contributed by atoms with Gasteiger partial charge in [-0.3, -0.25) is 4.79 Å². The van der Waals surface area contributed by atoms with Gasteiger partial charge >= 0.3 is 0 Å². The molecule has 1 atom stereocenters. The molecule has 0 aromatic carbocycles. The number of pyridine rings is 1. The Morgan fingerprint density at radius 1 is 1.48 bits per heavy atom. The SMILES string of the molecule is COc1cc(C(C)NCCCNC(=O)c2cccs2)c(F)cn1. The van der Waals surface area contributed by atoms with Crippen molar-refractivity contribution in [3.05, 3.63) is 46.0 Å². The number of nitrogens with zero attached hydrogens (tertiary/aromatic N) is 1. The number of carbonyl (C=O) groups excluding carboxylic acids is 1. The number of ether oxygens (including phenoxy) is 1. The molecule has 2 N–H and O–H groups in total. The molecular weight excluding hydrogens is 317 g/mol. The summed E-state index contributed by atoms with van der Waals surface area (Å²) in [6.07, 6.45) is 1.92. The van der Waals surface area contributed by atoms with Crippen LogP contribution in [0.5, 0.6) is 5.88 Å². The minimum atomic E-state index is -0.364. The van der Waals surface area contributed by atoms with Gasteiger partial charge in [0, 0.05) is 24.2 Å². The Kier molecular flexibility index (Phi) is 6.49. The van der Waals surface area contributed by atoms with E-state index in [0.29, 0.717) is 29.4 Å². The number of carbonyl (C=O) groups is 1. The minimum Gasteiger partial charge on any atom is -0.481 e. The van der Waals surface area contributed by atoms with Crippen LogP contribution in [0.3, 0.4) is 0 Å². The Morgan fingerprint density at radius 3 is 3.00 bits per heavy atom. The van der Waals surface area contributed by atoms with Crippen molar-refractivity contribution in [2.75, 3.05) is 20.2 Å². The number of methoxy groups -OCH3 is 1. The average molecular weight is 337 g/mol. The normalized spacial score (nSPS) is 12.0. The minimum absolute atomic E-state index is 0.0574. The zero-order chi connectivity index (χ0) is 16.7. The number of amides is 1. The summed E-state index contributed by atoms with van der Waals surface area (Å²) in [5.41, 5.74) is 0.513. The average Bonchev–Trinajstić information content (AvgIpc) is 3.09. The van der Waals surface area contributed by atoms with Crippen LogP contribution in [0.1, 0.15) is 34.6 Å². The molecule has 23 heavy (non-hydrogen) atoms. The number of rotatable bonds is 8. The van der Waals surface area contributed by atoms with Crippen molar-refractivity contribution in [2.24, 2.45) is 0 Å². The van der Waals surface area contributed by atoms with Crippen LogP contribution in [0.2, 0.25) is 0 Å². The molecule has 0 bridgehead atoms. The number of hydrogen-bond donors (Lipinski definition) is 2. The van der Waals surface area contributed by atoms with Crippen LogP contribution in [-0.4, -0.2) is 31.1 Å². The van der Waals surface area contributed by atoms with Crippen molar-refractivity contribution in [1.29, 1.82) is 0 Å². The van der Waals surface area contributed by atoms with E-state index in [2.05, 4.69) is 15.6 Å². The van der Waals surface area contributed by atoms with Crippen LogP contribution in [0.25, 0.3) is 0 Å². The van der Waals surface area contributed by atoms with Gasteiger partial charge in [-0.2, -0.15) is 0 Å². The highest BCUT2D eigenvalue weighted by molar-refractivity contribution is 7.12. The van der Waals surface area contributed by atoms with E-state index in [9.17, 15) is 9.18 Å². The fourth-order valence-electron chi connectivity index (χ4n) is 2.09. The predicted octanol–water partition coefficient (Wildman–Crippen LogP) is 2.76. The Bertz CT molecular complexity index is 634. The molecule has 124 valence electrons. The quantitative estimate of drug-likeness (QED) is 0.727. The van der Waals surface area contributed by atoms with Crippen LogP contribution in [0.15, 0.2) is 29.8 Å². The summed E-state index contributed by atoms with van der Waals surface area (Å²) in [5.74, 6) is -0.0342. The highest BCUT2D eigenvalue weighted by Gasteiger charge is 2.12. The molecule has 0 fully saturated rings. The first-order valence-corrected chi connectivity index (χ1v) is 8.24. The third-order valence-electron chi connectivity index (χ3n) is 3.37. The van der Waals surface area contributed by atoms with Gasteiger partial charge in [0.15, 0.2) is 0 Å². The van der Waals surface area contributed by atoms with Crippen LogP contribution in [0, 0.1) is 5.82 Å². The Labute approximate surface area is 138 Å². The predicted molar refractivity (Wildman–Crippen MR) is 88.4 cm³/mol. The van der Waals surface area contributed by atoms with Crippen molar-refractivity contribution >= 4 is 17.2 Å². The third-order valence-corrected chi connectivity index (χ3v) is 4.24. The first-order chi connectivity index (χ1) is 11.1. The molecule has 0 aliphatic carbocycles. The maximum absolute atomic E-state index is 13.8. The van der Waals surface area contributed by atoms with Gasteiger partial charge in [0.25, 0.3) is 5.91 Å². The lowest BCUT2D eigenvalue weighted by molar-refractivity contribution is 0.0957.